The van der Waals surface area contributed by atoms with Crippen LogP contribution in [0.25, 0.3) is 0 Å². The molecule has 1 amide bonds. The molecule has 0 aromatic carbocycles. The van der Waals surface area contributed by atoms with Crippen LogP contribution in [0.4, 0.5) is 0 Å². The van der Waals surface area contributed by atoms with Crippen molar-refractivity contribution in [1.82, 2.24) is 9.88 Å². The molecule has 0 spiro atoms. The van der Waals surface area contributed by atoms with E-state index >= 15 is 0 Å². The quantitative estimate of drug-likeness (QED) is 0.527. The largest absolute Gasteiger partial charge is 0.469 e. The summed E-state index contributed by atoms with van der Waals surface area (Å²) in [6, 6.07) is 3.31. The number of pyridine rings is 1. The van der Waals surface area contributed by atoms with E-state index in [9.17, 15) is 9.59 Å². The minimum absolute atomic E-state index is 0.118. The van der Waals surface area contributed by atoms with Crippen LogP contribution in [0.15, 0.2) is 24.5 Å². The summed E-state index contributed by atoms with van der Waals surface area (Å²) >= 11 is 0. The Morgan fingerprint density at radius 3 is 2.50 bits per heavy atom. The number of methoxy groups -OCH3 is 2. The van der Waals surface area contributed by atoms with Crippen LogP contribution in [0.3, 0.4) is 0 Å². The SMILES string of the molecule is COCCCN(CCC(=O)OC)C(=O)c1ccncc1. The lowest BCUT2D eigenvalue weighted by molar-refractivity contribution is -0.140. The Balaban J connectivity index is 2.65. The van der Waals surface area contributed by atoms with Gasteiger partial charge in [-0.1, -0.05) is 0 Å². The predicted octanol–water partition coefficient (Wildman–Crippen LogP) is 1.12. The molecule has 110 valence electrons. The number of nitrogens with zero attached hydrogens (tertiary/aromatic N) is 2. The standard InChI is InChI=1S/C14H20N2O4/c1-19-11-3-9-16(10-6-13(17)20-2)14(18)12-4-7-15-8-5-12/h4-5,7-8H,3,6,9-11H2,1-2H3. The predicted molar refractivity (Wildman–Crippen MR) is 73.3 cm³/mol. The molecule has 0 aliphatic rings. The molecule has 6 heteroatoms. The van der Waals surface area contributed by atoms with Crippen LogP contribution >= 0.6 is 0 Å². The molecule has 0 aliphatic heterocycles. The Morgan fingerprint density at radius 2 is 1.90 bits per heavy atom. The maximum Gasteiger partial charge on any atom is 0.307 e. The Morgan fingerprint density at radius 1 is 1.20 bits per heavy atom. The van der Waals surface area contributed by atoms with E-state index in [1.807, 2.05) is 0 Å². The van der Waals surface area contributed by atoms with E-state index in [1.165, 1.54) is 7.11 Å². The highest BCUT2D eigenvalue weighted by atomic mass is 16.5. The average molecular weight is 280 g/mol. The molecule has 0 N–H and O–H groups in total. The van der Waals surface area contributed by atoms with Gasteiger partial charge in [-0.05, 0) is 18.6 Å². The van der Waals surface area contributed by atoms with Crippen molar-refractivity contribution >= 4 is 11.9 Å². The number of aromatic nitrogens is 1. The van der Waals surface area contributed by atoms with Crippen LogP contribution in [0.5, 0.6) is 0 Å². The first-order valence-electron chi connectivity index (χ1n) is 6.44. The smallest absolute Gasteiger partial charge is 0.307 e. The molecule has 1 heterocycles. The first-order chi connectivity index (χ1) is 9.69. The minimum atomic E-state index is -0.329. The summed E-state index contributed by atoms with van der Waals surface area (Å²) in [5, 5.41) is 0. The number of ether oxygens (including phenoxy) is 2. The van der Waals surface area contributed by atoms with Gasteiger partial charge in [-0.25, -0.2) is 0 Å². The van der Waals surface area contributed by atoms with Gasteiger partial charge in [0.2, 0.25) is 0 Å². The van der Waals surface area contributed by atoms with Gasteiger partial charge in [-0.3, -0.25) is 14.6 Å². The molecular weight excluding hydrogens is 260 g/mol. The molecule has 6 nitrogen and oxygen atoms in total. The third kappa shape index (κ3) is 5.36. The summed E-state index contributed by atoms with van der Waals surface area (Å²) in [6.07, 6.45) is 4.04. The zero-order valence-corrected chi connectivity index (χ0v) is 11.9. The highest BCUT2D eigenvalue weighted by Crippen LogP contribution is 2.06. The highest BCUT2D eigenvalue weighted by Gasteiger charge is 2.16. The van der Waals surface area contributed by atoms with Crippen LogP contribution < -0.4 is 0 Å². The summed E-state index contributed by atoms with van der Waals surface area (Å²) in [5.41, 5.74) is 0.558. The van der Waals surface area contributed by atoms with Gasteiger partial charge in [-0.15, -0.1) is 0 Å². The third-order valence-corrected chi connectivity index (χ3v) is 2.80. The number of carbonyl (C=O) groups excluding carboxylic acids is 2. The van der Waals surface area contributed by atoms with Gasteiger partial charge < -0.3 is 14.4 Å². The molecule has 0 saturated carbocycles. The molecule has 0 radical (unpaired) electrons. The monoisotopic (exact) mass is 280 g/mol. The van der Waals surface area contributed by atoms with Crippen LogP contribution in [0.1, 0.15) is 23.2 Å². The zero-order chi connectivity index (χ0) is 14.8. The van der Waals surface area contributed by atoms with Crippen molar-refractivity contribution in [1.29, 1.82) is 0 Å². The van der Waals surface area contributed by atoms with Crippen molar-refractivity contribution < 1.29 is 19.1 Å². The molecule has 1 rings (SSSR count). The lowest BCUT2D eigenvalue weighted by Crippen LogP contribution is -2.34. The summed E-state index contributed by atoms with van der Waals surface area (Å²) in [4.78, 5) is 29.1. The van der Waals surface area contributed by atoms with Gasteiger partial charge in [0.25, 0.3) is 5.91 Å². The second-order valence-electron chi connectivity index (χ2n) is 4.20. The van der Waals surface area contributed by atoms with Crippen molar-refractivity contribution in [2.75, 3.05) is 33.9 Å². The first kappa shape index (κ1) is 16.1. The van der Waals surface area contributed by atoms with Crippen LogP contribution in [-0.4, -0.2) is 55.7 Å². The van der Waals surface area contributed by atoms with E-state index in [0.717, 1.165) is 0 Å². The molecule has 0 unspecified atom stereocenters. The topological polar surface area (TPSA) is 68.7 Å². The van der Waals surface area contributed by atoms with Crippen molar-refractivity contribution in [2.24, 2.45) is 0 Å². The normalized spacial score (nSPS) is 10.1. The Bertz CT molecular complexity index is 422. The van der Waals surface area contributed by atoms with E-state index in [-0.39, 0.29) is 18.3 Å². The number of hydrogen-bond acceptors (Lipinski definition) is 5. The molecule has 0 aliphatic carbocycles. The van der Waals surface area contributed by atoms with Gasteiger partial charge in [0, 0.05) is 44.8 Å². The minimum Gasteiger partial charge on any atom is -0.469 e. The summed E-state index contributed by atoms with van der Waals surface area (Å²) in [7, 11) is 2.95. The van der Waals surface area contributed by atoms with Gasteiger partial charge in [0.05, 0.1) is 13.5 Å². The van der Waals surface area contributed by atoms with Crippen LogP contribution in [0, 0.1) is 0 Å². The molecular formula is C14H20N2O4. The fourth-order valence-electron chi connectivity index (χ4n) is 1.72. The van der Waals surface area contributed by atoms with E-state index in [2.05, 4.69) is 9.72 Å². The Kier molecular flexibility index (Phi) is 7.27. The summed E-state index contributed by atoms with van der Waals surface area (Å²) < 4.78 is 9.58. The Labute approximate surface area is 118 Å². The van der Waals surface area contributed by atoms with E-state index < -0.39 is 0 Å². The maximum absolute atomic E-state index is 12.3. The molecule has 0 bridgehead atoms. The molecule has 0 fully saturated rings. The third-order valence-electron chi connectivity index (χ3n) is 2.80. The van der Waals surface area contributed by atoms with Gasteiger partial charge in [0.15, 0.2) is 0 Å². The number of carbonyl (C=O) groups is 2. The van der Waals surface area contributed by atoms with Crippen molar-refractivity contribution in [3.63, 3.8) is 0 Å². The van der Waals surface area contributed by atoms with Crippen molar-refractivity contribution in [3.05, 3.63) is 30.1 Å². The second kappa shape index (κ2) is 9.03. The van der Waals surface area contributed by atoms with E-state index in [1.54, 1.807) is 36.5 Å². The highest BCUT2D eigenvalue weighted by molar-refractivity contribution is 5.94. The maximum atomic E-state index is 12.3. The number of hydrogen-bond donors (Lipinski definition) is 0. The summed E-state index contributed by atoms with van der Waals surface area (Å²) in [6.45, 7) is 1.43. The first-order valence-corrected chi connectivity index (χ1v) is 6.44. The van der Waals surface area contributed by atoms with Gasteiger partial charge >= 0.3 is 5.97 Å². The summed E-state index contributed by atoms with van der Waals surface area (Å²) in [5.74, 6) is -0.448. The molecule has 1 aromatic rings. The second-order valence-corrected chi connectivity index (χ2v) is 4.20. The number of esters is 1. The van der Waals surface area contributed by atoms with Crippen molar-refractivity contribution in [3.8, 4) is 0 Å². The molecule has 0 saturated heterocycles. The fourth-order valence-corrected chi connectivity index (χ4v) is 1.72. The molecule has 1 aromatic heterocycles. The van der Waals surface area contributed by atoms with Crippen molar-refractivity contribution in [2.45, 2.75) is 12.8 Å². The number of rotatable bonds is 8. The van der Waals surface area contributed by atoms with E-state index in [4.69, 9.17) is 4.74 Å². The van der Waals surface area contributed by atoms with Crippen LogP contribution in [0.2, 0.25) is 0 Å². The zero-order valence-electron chi connectivity index (χ0n) is 11.9. The van der Waals surface area contributed by atoms with E-state index in [0.29, 0.717) is 31.7 Å². The molecule has 0 atom stereocenters. The van der Waals surface area contributed by atoms with Crippen LogP contribution in [-0.2, 0) is 14.3 Å². The lowest BCUT2D eigenvalue weighted by atomic mass is 10.2. The number of amides is 1. The fraction of sp³-hybridized carbons (Fsp3) is 0.500. The van der Waals surface area contributed by atoms with Gasteiger partial charge in [0.1, 0.15) is 0 Å². The molecule has 20 heavy (non-hydrogen) atoms. The Hall–Kier alpha value is -1.95. The van der Waals surface area contributed by atoms with Gasteiger partial charge in [-0.2, -0.15) is 0 Å². The lowest BCUT2D eigenvalue weighted by Gasteiger charge is -2.22. The average Bonchev–Trinajstić information content (AvgIpc) is 2.50.